The minimum Gasteiger partial charge on any atom is -0.497 e. The van der Waals surface area contributed by atoms with Crippen LogP contribution in [0.2, 0.25) is 0 Å². The fraction of sp³-hybridized carbons (Fsp3) is 0.455. The lowest BCUT2D eigenvalue weighted by Gasteiger charge is -2.10. The van der Waals surface area contributed by atoms with Gasteiger partial charge in [-0.3, -0.25) is 4.72 Å². The Hall–Kier alpha value is -0.460. The van der Waals surface area contributed by atoms with Gasteiger partial charge in [-0.05, 0) is 40.9 Å². The monoisotopic (exact) mass is 355 g/mol. The van der Waals surface area contributed by atoms with Crippen molar-refractivity contribution in [2.24, 2.45) is 0 Å². The summed E-state index contributed by atoms with van der Waals surface area (Å²) >= 11 is 8.81. The van der Waals surface area contributed by atoms with Gasteiger partial charge in [-0.25, -0.2) is 8.42 Å². The summed E-state index contributed by atoms with van der Waals surface area (Å²) in [6.07, 6.45) is 1.22. The molecule has 0 amide bonds. The Kier molecular flexibility index (Phi) is 6.25. The maximum absolute atomic E-state index is 11.8. The summed E-state index contributed by atoms with van der Waals surface area (Å²) < 4.78 is 31.9. The summed E-state index contributed by atoms with van der Waals surface area (Å²) in [5, 5.41) is 0. The molecule has 1 aromatic rings. The van der Waals surface area contributed by atoms with Crippen LogP contribution in [-0.4, -0.2) is 27.2 Å². The lowest BCUT2D eigenvalue weighted by Crippen LogP contribution is -2.17. The van der Waals surface area contributed by atoms with Crippen LogP contribution in [0, 0.1) is 0 Å². The molecule has 0 fully saturated rings. The molecule has 0 spiro atoms. The van der Waals surface area contributed by atoms with E-state index in [4.69, 9.17) is 16.3 Å². The highest BCUT2D eigenvalue weighted by Crippen LogP contribution is 2.28. The van der Waals surface area contributed by atoms with E-state index < -0.39 is 10.0 Å². The molecule has 0 aliphatic carbocycles. The summed E-state index contributed by atoms with van der Waals surface area (Å²) in [5.41, 5.74) is 0.472. The quantitative estimate of drug-likeness (QED) is 0.603. The second kappa shape index (κ2) is 7.21. The van der Waals surface area contributed by atoms with E-state index in [-0.39, 0.29) is 5.75 Å². The number of anilines is 1. The highest BCUT2D eigenvalue weighted by atomic mass is 79.9. The Labute approximate surface area is 121 Å². The first-order chi connectivity index (χ1) is 8.48. The number of methoxy groups -OCH3 is 1. The third kappa shape index (κ3) is 5.04. The van der Waals surface area contributed by atoms with Gasteiger partial charge in [-0.2, -0.15) is 0 Å². The maximum Gasteiger partial charge on any atom is 0.232 e. The van der Waals surface area contributed by atoms with Gasteiger partial charge in [-0.1, -0.05) is 0 Å². The highest BCUT2D eigenvalue weighted by molar-refractivity contribution is 9.10. The van der Waals surface area contributed by atoms with E-state index in [1.165, 1.54) is 7.11 Å². The number of ether oxygens (including phenoxy) is 1. The first-order valence-corrected chi connectivity index (χ1v) is 8.36. The molecule has 1 rings (SSSR count). The van der Waals surface area contributed by atoms with Crippen LogP contribution in [0.5, 0.6) is 5.75 Å². The number of halogens is 2. The zero-order valence-corrected chi connectivity index (χ0v) is 13.1. The van der Waals surface area contributed by atoms with Gasteiger partial charge >= 0.3 is 0 Å². The first kappa shape index (κ1) is 15.6. The number of sulfonamides is 1. The molecule has 0 unspecified atom stereocenters. The predicted octanol–water partition coefficient (Wildman–Crippen LogP) is 3.22. The summed E-state index contributed by atoms with van der Waals surface area (Å²) in [7, 11) is -1.82. The fourth-order valence-electron chi connectivity index (χ4n) is 1.31. The van der Waals surface area contributed by atoms with E-state index in [0.29, 0.717) is 34.6 Å². The second-order valence-corrected chi connectivity index (χ2v) is 6.74. The third-order valence-electron chi connectivity index (χ3n) is 2.24. The fourth-order valence-corrected chi connectivity index (χ4v) is 3.17. The summed E-state index contributed by atoms with van der Waals surface area (Å²) in [5.74, 6) is 1.12. The molecule has 0 bridgehead atoms. The molecule has 0 atom stereocenters. The van der Waals surface area contributed by atoms with Crippen molar-refractivity contribution in [3.63, 3.8) is 0 Å². The van der Waals surface area contributed by atoms with Crippen molar-refractivity contribution in [3.05, 3.63) is 22.7 Å². The maximum atomic E-state index is 11.8. The number of rotatable bonds is 7. The van der Waals surface area contributed by atoms with E-state index >= 15 is 0 Å². The molecule has 4 nitrogen and oxygen atoms in total. The number of unbranched alkanes of at least 4 members (excludes halogenated alkanes) is 1. The topological polar surface area (TPSA) is 55.4 Å². The van der Waals surface area contributed by atoms with Gasteiger partial charge in [0.2, 0.25) is 10.0 Å². The molecule has 1 N–H and O–H groups in total. The van der Waals surface area contributed by atoms with Gasteiger partial charge in [0, 0.05) is 16.4 Å². The van der Waals surface area contributed by atoms with Gasteiger partial charge in [0.25, 0.3) is 0 Å². The van der Waals surface area contributed by atoms with Crippen molar-refractivity contribution in [1.82, 2.24) is 0 Å². The van der Waals surface area contributed by atoms with Crippen LogP contribution in [0.15, 0.2) is 22.7 Å². The van der Waals surface area contributed by atoms with E-state index in [2.05, 4.69) is 20.7 Å². The van der Waals surface area contributed by atoms with Gasteiger partial charge < -0.3 is 4.74 Å². The van der Waals surface area contributed by atoms with Crippen LogP contribution in [0.1, 0.15) is 12.8 Å². The van der Waals surface area contributed by atoms with Crippen LogP contribution >= 0.6 is 27.5 Å². The highest BCUT2D eigenvalue weighted by Gasteiger charge is 2.12. The Bertz CT molecular complexity index is 493. The SMILES string of the molecule is COc1ccc(Br)c(NS(=O)(=O)CCCCCl)c1. The van der Waals surface area contributed by atoms with Crippen LogP contribution in [0.25, 0.3) is 0 Å². The average Bonchev–Trinajstić information content (AvgIpc) is 2.32. The second-order valence-electron chi connectivity index (χ2n) is 3.66. The van der Waals surface area contributed by atoms with Gasteiger partial charge in [0.05, 0.1) is 18.6 Å². The molecule has 0 aromatic heterocycles. The van der Waals surface area contributed by atoms with Crippen molar-refractivity contribution in [2.45, 2.75) is 12.8 Å². The molecular formula is C11H15BrClNO3S. The van der Waals surface area contributed by atoms with Crippen molar-refractivity contribution in [3.8, 4) is 5.75 Å². The van der Waals surface area contributed by atoms with E-state index in [0.717, 1.165) is 0 Å². The average molecular weight is 357 g/mol. The number of nitrogens with one attached hydrogen (secondary N) is 1. The van der Waals surface area contributed by atoms with E-state index in [9.17, 15) is 8.42 Å². The van der Waals surface area contributed by atoms with Gasteiger partial charge in [0.15, 0.2) is 0 Å². The largest absolute Gasteiger partial charge is 0.497 e. The van der Waals surface area contributed by atoms with Crippen molar-refractivity contribution >= 4 is 43.2 Å². The molecule has 0 saturated heterocycles. The van der Waals surface area contributed by atoms with Gasteiger partial charge in [0.1, 0.15) is 5.75 Å². The number of hydrogen-bond donors (Lipinski definition) is 1. The minimum absolute atomic E-state index is 0.0589. The Morgan fingerprint density at radius 3 is 2.72 bits per heavy atom. The predicted molar refractivity (Wildman–Crippen MR) is 78.1 cm³/mol. The molecule has 0 aliphatic heterocycles. The van der Waals surface area contributed by atoms with Crippen molar-refractivity contribution < 1.29 is 13.2 Å². The molecule has 0 radical (unpaired) electrons. The molecule has 0 saturated carbocycles. The van der Waals surface area contributed by atoms with E-state index in [1.54, 1.807) is 18.2 Å². The standard InChI is InChI=1S/C11H15BrClNO3S/c1-17-9-4-5-10(12)11(8-9)14-18(15,16)7-3-2-6-13/h4-5,8,14H,2-3,6-7H2,1H3. The summed E-state index contributed by atoms with van der Waals surface area (Å²) in [4.78, 5) is 0. The molecule has 1 aromatic carbocycles. The molecule has 0 aliphatic rings. The van der Waals surface area contributed by atoms with Crippen LogP contribution in [-0.2, 0) is 10.0 Å². The van der Waals surface area contributed by atoms with Crippen LogP contribution in [0.4, 0.5) is 5.69 Å². The van der Waals surface area contributed by atoms with Crippen LogP contribution in [0.3, 0.4) is 0 Å². The smallest absolute Gasteiger partial charge is 0.232 e. The van der Waals surface area contributed by atoms with E-state index in [1.807, 2.05) is 0 Å². The Balaban J connectivity index is 2.76. The molecule has 18 heavy (non-hydrogen) atoms. The molecule has 0 heterocycles. The lowest BCUT2D eigenvalue weighted by atomic mass is 10.3. The zero-order chi connectivity index (χ0) is 13.6. The summed E-state index contributed by atoms with van der Waals surface area (Å²) in [6.45, 7) is 0. The normalized spacial score (nSPS) is 11.3. The molecule has 102 valence electrons. The summed E-state index contributed by atoms with van der Waals surface area (Å²) in [6, 6.07) is 5.11. The number of hydrogen-bond acceptors (Lipinski definition) is 3. The van der Waals surface area contributed by atoms with Crippen molar-refractivity contribution in [2.75, 3.05) is 23.5 Å². The minimum atomic E-state index is -3.35. The molecular weight excluding hydrogens is 342 g/mol. The molecule has 7 heteroatoms. The number of benzene rings is 1. The third-order valence-corrected chi connectivity index (χ3v) is 4.55. The zero-order valence-electron chi connectivity index (χ0n) is 9.95. The first-order valence-electron chi connectivity index (χ1n) is 5.38. The Morgan fingerprint density at radius 2 is 2.11 bits per heavy atom. The Morgan fingerprint density at radius 1 is 1.39 bits per heavy atom. The number of alkyl halides is 1. The van der Waals surface area contributed by atoms with Crippen LogP contribution < -0.4 is 9.46 Å². The van der Waals surface area contributed by atoms with Gasteiger partial charge in [-0.15, -0.1) is 11.6 Å². The lowest BCUT2D eigenvalue weighted by molar-refractivity contribution is 0.415. The van der Waals surface area contributed by atoms with Crippen molar-refractivity contribution in [1.29, 1.82) is 0 Å².